The van der Waals surface area contributed by atoms with E-state index in [0.29, 0.717) is 50.2 Å². The molecule has 0 bridgehead atoms. The van der Waals surface area contributed by atoms with Crippen LogP contribution in [0, 0.1) is 6.92 Å². The van der Waals surface area contributed by atoms with Crippen LogP contribution in [0.25, 0.3) is 10.1 Å². The number of hydrogen-bond donors (Lipinski definition) is 4. The Hall–Kier alpha value is -3.76. The van der Waals surface area contributed by atoms with Crippen LogP contribution in [0.5, 0.6) is 11.5 Å². The van der Waals surface area contributed by atoms with Crippen molar-refractivity contribution in [3.8, 4) is 11.5 Å². The Labute approximate surface area is 249 Å². The molecule has 0 radical (unpaired) electrons. The molecule has 1 fully saturated rings. The van der Waals surface area contributed by atoms with Gasteiger partial charge < -0.3 is 32.2 Å². The van der Waals surface area contributed by atoms with Crippen molar-refractivity contribution in [2.45, 2.75) is 56.3 Å². The molecule has 7 N–H and O–H groups in total. The molecule has 6 rings (SSSR count). The quantitative estimate of drug-likeness (QED) is 0.235. The first kappa shape index (κ1) is 28.4. The average molecular weight is 584 g/mol. The van der Waals surface area contributed by atoms with E-state index < -0.39 is 11.6 Å². The van der Waals surface area contributed by atoms with Crippen LogP contribution in [0.2, 0.25) is 0 Å². The molecule has 0 saturated heterocycles. The van der Waals surface area contributed by atoms with Gasteiger partial charge in [-0.05, 0) is 93.7 Å². The number of nitrogens with one attached hydrogen (secondary N) is 1. The van der Waals surface area contributed by atoms with E-state index >= 15 is 0 Å². The molecule has 0 aliphatic heterocycles. The summed E-state index contributed by atoms with van der Waals surface area (Å²) >= 11 is 1.29. The lowest BCUT2D eigenvalue weighted by Gasteiger charge is -2.37. The average Bonchev–Trinajstić information content (AvgIpc) is 3.38. The molecule has 42 heavy (non-hydrogen) atoms. The van der Waals surface area contributed by atoms with Crippen LogP contribution in [0.1, 0.15) is 63.7 Å². The fraction of sp³-hybridized carbons (Fsp3) is 0.333. The number of carbonyl (C=O) groups excluding carboxylic acids is 2. The van der Waals surface area contributed by atoms with E-state index in [0.717, 1.165) is 35.9 Å². The molecule has 3 aromatic carbocycles. The van der Waals surface area contributed by atoms with Gasteiger partial charge in [0.25, 0.3) is 5.91 Å². The summed E-state index contributed by atoms with van der Waals surface area (Å²) in [6.45, 7) is 1.90. The summed E-state index contributed by atoms with van der Waals surface area (Å²) in [5.41, 5.74) is 21.8. The third kappa shape index (κ3) is 4.66. The van der Waals surface area contributed by atoms with Gasteiger partial charge in [-0.3, -0.25) is 9.59 Å². The Kier molecular flexibility index (Phi) is 7.31. The molecule has 1 aromatic heterocycles. The van der Waals surface area contributed by atoms with Crippen LogP contribution < -0.4 is 27.3 Å². The maximum Gasteiger partial charge on any atom is 0.261 e. The SMILES string of the molecule is Cc1cc(Oc2ccccc2)ccc1C1(N)C(=O)C(N)c2c(C(=O)NC3CCC(N(C)C)CC3)sc3c(N)ccc1c23. The monoisotopic (exact) mass is 583 g/mol. The third-order valence-electron chi connectivity index (χ3n) is 8.88. The molecule has 2 aliphatic rings. The minimum absolute atomic E-state index is 0.0753. The topological polar surface area (TPSA) is 137 Å². The molecule has 0 spiro atoms. The summed E-state index contributed by atoms with van der Waals surface area (Å²) in [6, 6.07) is 18.1. The number of rotatable bonds is 6. The molecular weight excluding hydrogens is 546 g/mol. The Morgan fingerprint density at radius 3 is 2.36 bits per heavy atom. The zero-order valence-electron chi connectivity index (χ0n) is 24.1. The normalized spacial score (nSPS) is 23.8. The zero-order chi connectivity index (χ0) is 29.8. The number of thiophene rings is 1. The second kappa shape index (κ2) is 10.8. The lowest BCUT2D eigenvalue weighted by atomic mass is 9.69. The van der Waals surface area contributed by atoms with Crippen LogP contribution in [-0.4, -0.2) is 42.8 Å². The highest BCUT2D eigenvalue weighted by Crippen LogP contribution is 2.50. The number of amides is 1. The Bertz CT molecular complexity index is 1680. The van der Waals surface area contributed by atoms with Crippen LogP contribution in [0.4, 0.5) is 5.69 Å². The number of nitrogens with zero attached hydrogens (tertiary/aromatic N) is 1. The largest absolute Gasteiger partial charge is 0.457 e. The van der Waals surface area contributed by atoms with Gasteiger partial charge in [0.2, 0.25) is 0 Å². The Balaban J connectivity index is 1.38. The maximum atomic E-state index is 14.2. The molecule has 1 amide bonds. The van der Waals surface area contributed by atoms with Crippen LogP contribution in [0.15, 0.2) is 60.7 Å². The zero-order valence-corrected chi connectivity index (χ0v) is 25.0. The second-order valence-electron chi connectivity index (χ2n) is 11.7. The van der Waals surface area contributed by atoms with Crippen molar-refractivity contribution < 1.29 is 14.3 Å². The first-order chi connectivity index (χ1) is 20.1. The van der Waals surface area contributed by atoms with Gasteiger partial charge in [-0.25, -0.2) is 0 Å². The van der Waals surface area contributed by atoms with Crippen molar-refractivity contribution in [2.24, 2.45) is 11.5 Å². The van der Waals surface area contributed by atoms with Gasteiger partial charge in [-0.15, -0.1) is 11.3 Å². The van der Waals surface area contributed by atoms with Crippen molar-refractivity contribution in [3.63, 3.8) is 0 Å². The van der Waals surface area contributed by atoms with Crippen LogP contribution in [0.3, 0.4) is 0 Å². The predicted molar refractivity (Wildman–Crippen MR) is 168 cm³/mol. The molecule has 2 atom stereocenters. The molecule has 2 aliphatic carbocycles. The lowest BCUT2D eigenvalue weighted by Crippen LogP contribution is -2.53. The summed E-state index contributed by atoms with van der Waals surface area (Å²) in [5, 5.41) is 3.92. The van der Waals surface area contributed by atoms with Gasteiger partial charge in [0, 0.05) is 28.7 Å². The number of aryl methyl sites for hydroxylation is 1. The van der Waals surface area contributed by atoms with Crippen LogP contribution in [-0.2, 0) is 10.3 Å². The van der Waals surface area contributed by atoms with Crippen molar-refractivity contribution in [1.82, 2.24) is 10.2 Å². The smallest absolute Gasteiger partial charge is 0.261 e. The number of benzene rings is 3. The highest BCUT2D eigenvalue weighted by Gasteiger charge is 2.49. The third-order valence-corrected chi connectivity index (χ3v) is 10.1. The van der Waals surface area contributed by atoms with E-state index in [1.54, 1.807) is 12.1 Å². The number of ketones is 1. The standard InChI is InChI=1S/C33H37N5O3S/c1-18-17-22(41-21-7-5-4-6-8-21)13-14-23(18)33(36)24-15-16-25(34)29-26(24)27(28(35)31(33)39)30(42-29)32(40)37-19-9-11-20(12-10-19)38(2)3/h4-8,13-17,19-20,28H,9-12,34-36H2,1-3H3,(H,37,40). The van der Waals surface area contributed by atoms with Crippen molar-refractivity contribution in [2.75, 3.05) is 19.8 Å². The molecule has 218 valence electrons. The van der Waals surface area contributed by atoms with Gasteiger partial charge in [0.1, 0.15) is 17.0 Å². The first-order valence-corrected chi connectivity index (χ1v) is 15.2. The number of nitrogens with two attached hydrogens (primary N) is 3. The van der Waals surface area contributed by atoms with E-state index in [9.17, 15) is 9.59 Å². The van der Waals surface area contributed by atoms with Gasteiger partial charge >= 0.3 is 0 Å². The minimum Gasteiger partial charge on any atom is -0.457 e. The summed E-state index contributed by atoms with van der Waals surface area (Å²) < 4.78 is 6.73. The fourth-order valence-corrected chi connectivity index (χ4v) is 7.78. The Morgan fingerprint density at radius 2 is 1.69 bits per heavy atom. The second-order valence-corrected chi connectivity index (χ2v) is 12.8. The van der Waals surface area contributed by atoms with E-state index in [-0.39, 0.29) is 17.7 Å². The summed E-state index contributed by atoms with van der Waals surface area (Å²) in [5.74, 6) is 0.773. The molecule has 4 aromatic rings. The van der Waals surface area contributed by atoms with E-state index in [4.69, 9.17) is 21.9 Å². The number of Topliss-reactive ketones (excluding diaryl/α,β-unsaturated/α-hetero) is 1. The van der Waals surface area contributed by atoms with Crippen molar-refractivity contribution in [3.05, 3.63) is 87.8 Å². The highest BCUT2D eigenvalue weighted by atomic mass is 32.1. The lowest BCUT2D eigenvalue weighted by molar-refractivity contribution is -0.124. The summed E-state index contributed by atoms with van der Waals surface area (Å²) in [7, 11) is 4.19. The van der Waals surface area contributed by atoms with Gasteiger partial charge in [-0.1, -0.05) is 30.3 Å². The molecule has 1 heterocycles. The number of para-hydroxylation sites is 1. The van der Waals surface area contributed by atoms with Crippen LogP contribution >= 0.6 is 11.3 Å². The van der Waals surface area contributed by atoms with Crippen molar-refractivity contribution >= 4 is 38.8 Å². The number of nitrogen functional groups attached to an aromatic ring is 1. The van der Waals surface area contributed by atoms with E-state index in [1.807, 2.05) is 55.5 Å². The predicted octanol–water partition coefficient (Wildman–Crippen LogP) is 4.97. The minimum atomic E-state index is -1.52. The Morgan fingerprint density at radius 1 is 1.00 bits per heavy atom. The molecular formula is C33H37N5O3S. The fourth-order valence-electron chi connectivity index (χ4n) is 6.58. The highest BCUT2D eigenvalue weighted by molar-refractivity contribution is 7.21. The van der Waals surface area contributed by atoms with E-state index in [2.05, 4.69) is 24.3 Å². The van der Waals surface area contributed by atoms with Gasteiger partial charge in [-0.2, -0.15) is 0 Å². The maximum absolute atomic E-state index is 14.2. The first-order valence-electron chi connectivity index (χ1n) is 14.3. The van der Waals surface area contributed by atoms with Gasteiger partial charge in [0.15, 0.2) is 5.78 Å². The van der Waals surface area contributed by atoms with Crippen molar-refractivity contribution in [1.29, 1.82) is 0 Å². The summed E-state index contributed by atoms with van der Waals surface area (Å²) in [6.07, 6.45) is 3.86. The number of ether oxygens (including phenoxy) is 1. The molecule has 9 heteroatoms. The number of anilines is 1. The van der Waals surface area contributed by atoms with E-state index in [1.165, 1.54) is 11.3 Å². The number of carbonyl (C=O) groups is 2. The van der Waals surface area contributed by atoms with Gasteiger partial charge in [0.05, 0.1) is 15.6 Å². The molecule has 2 unspecified atom stereocenters. The number of hydrogen-bond acceptors (Lipinski definition) is 8. The summed E-state index contributed by atoms with van der Waals surface area (Å²) in [4.78, 5) is 30.5. The molecule has 1 saturated carbocycles. The molecule has 8 nitrogen and oxygen atoms in total.